The summed E-state index contributed by atoms with van der Waals surface area (Å²) >= 11 is 6.13. The highest BCUT2D eigenvalue weighted by Crippen LogP contribution is 2.28. The first kappa shape index (κ1) is 17.1. The van der Waals surface area contributed by atoms with Crippen molar-refractivity contribution in [2.75, 3.05) is 13.1 Å². The highest BCUT2D eigenvalue weighted by Gasteiger charge is 2.30. The summed E-state index contributed by atoms with van der Waals surface area (Å²) in [6, 6.07) is 11.3. The van der Waals surface area contributed by atoms with Crippen LogP contribution in [0.1, 0.15) is 23.2 Å². The molecule has 134 valence electrons. The molecule has 0 saturated carbocycles. The highest BCUT2D eigenvalue weighted by molar-refractivity contribution is 7.89. The predicted octanol–water partition coefficient (Wildman–Crippen LogP) is 2.56. The molecule has 0 bridgehead atoms. The van der Waals surface area contributed by atoms with E-state index in [1.807, 2.05) is 0 Å². The van der Waals surface area contributed by atoms with Crippen LogP contribution >= 0.6 is 11.6 Å². The van der Waals surface area contributed by atoms with E-state index >= 15 is 0 Å². The van der Waals surface area contributed by atoms with Crippen LogP contribution in [0.25, 0.3) is 11.0 Å². The molecule has 0 aliphatic carbocycles. The van der Waals surface area contributed by atoms with E-state index in [1.54, 1.807) is 24.3 Å². The lowest BCUT2D eigenvalue weighted by atomic mass is 10.2. The van der Waals surface area contributed by atoms with E-state index in [-0.39, 0.29) is 15.5 Å². The lowest BCUT2D eigenvalue weighted by Gasteiger charge is -2.17. The van der Waals surface area contributed by atoms with Gasteiger partial charge in [0, 0.05) is 18.7 Å². The summed E-state index contributed by atoms with van der Waals surface area (Å²) in [4.78, 5) is 12.8. The highest BCUT2D eigenvalue weighted by atomic mass is 35.5. The van der Waals surface area contributed by atoms with E-state index in [9.17, 15) is 13.2 Å². The second kappa shape index (κ2) is 6.46. The number of nitrogens with zero attached hydrogens (tertiary/aromatic N) is 4. The summed E-state index contributed by atoms with van der Waals surface area (Å²) in [6.45, 7) is 0.926. The standard InChI is InChI=1S/C17H15ClN4O3S/c18-13-8-7-12(11-16(13)26(24,25)21-9-3-4-10-21)17(23)22-15-6-2-1-5-14(15)19-20-22/h1-2,5-8,11H,3-4,9-10H2. The van der Waals surface area contributed by atoms with Crippen molar-refractivity contribution in [3.63, 3.8) is 0 Å². The summed E-state index contributed by atoms with van der Waals surface area (Å²) in [5.74, 6) is -0.465. The molecule has 26 heavy (non-hydrogen) atoms. The fourth-order valence-corrected chi connectivity index (χ4v) is 5.06. The average Bonchev–Trinajstić information content (AvgIpc) is 3.31. The molecule has 2 aromatic carbocycles. The third kappa shape index (κ3) is 2.80. The molecule has 1 aromatic heterocycles. The molecule has 1 saturated heterocycles. The topological polar surface area (TPSA) is 85.2 Å². The SMILES string of the molecule is O=C(c1ccc(Cl)c(S(=O)(=O)N2CCCC2)c1)n1nnc2ccccc21. The van der Waals surface area contributed by atoms with Crippen molar-refractivity contribution in [3.05, 3.63) is 53.1 Å². The number of carbonyl (C=O) groups excluding carboxylic acids is 1. The third-order valence-electron chi connectivity index (χ3n) is 4.41. The summed E-state index contributed by atoms with van der Waals surface area (Å²) in [6.07, 6.45) is 1.64. The third-order valence-corrected chi connectivity index (χ3v) is 6.79. The first-order valence-corrected chi connectivity index (χ1v) is 9.95. The van der Waals surface area contributed by atoms with Gasteiger partial charge in [0.1, 0.15) is 10.4 Å². The van der Waals surface area contributed by atoms with Crippen LogP contribution in [-0.2, 0) is 10.0 Å². The number of fused-ring (bicyclic) bond motifs is 1. The van der Waals surface area contributed by atoms with E-state index < -0.39 is 15.9 Å². The van der Waals surface area contributed by atoms with Crippen LogP contribution in [0.15, 0.2) is 47.4 Å². The number of halogens is 1. The van der Waals surface area contributed by atoms with E-state index in [1.165, 1.54) is 22.5 Å². The molecule has 4 rings (SSSR count). The Hall–Kier alpha value is -2.29. The van der Waals surface area contributed by atoms with Gasteiger partial charge in [0.25, 0.3) is 5.91 Å². The van der Waals surface area contributed by atoms with Crippen molar-refractivity contribution in [2.45, 2.75) is 17.7 Å². The Labute approximate surface area is 155 Å². The summed E-state index contributed by atoms with van der Waals surface area (Å²) < 4.78 is 28.2. The molecule has 0 amide bonds. The first-order valence-electron chi connectivity index (χ1n) is 8.13. The largest absolute Gasteiger partial charge is 0.280 e. The molecule has 0 N–H and O–H groups in total. The van der Waals surface area contributed by atoms with Gasteiger partial charge in [0.15, 0.2) is 0 Å². The minimum atomic E-state index is -3.73. The molecule has 0 unspecified atom stereocenters. The lowest BCUT2D eigenvalue weighted by Crippen LogP contribution is -2.28. The van der Waals surface area contributed by atoms with Gasteiger partial charge in [-0.1, -0.05) is 28.9 Å². The van der Waals surface area contributed by atoms with Crippen LogP contribution in [0.3, 0.4) is 0 Å². The lowest BCUT2D eigenvalue weighted by molar-refractivity contribution is 0.0948. The smallest absolute Gasteiger partial charge is 0.267 e. The monoisotopic (exact) mass is 390 g/mol. The summed E-state index contributed by atoms with van der Waals surface area (Å²) in [5, 5.41) is 7.94. The first-order chi connectivity index (χ1) is 12.5. The van der Waals surface area contributed by atoms with Crippen LogP contribution < -0.4 is 0 Å². The quantitative estimate of drug-likeness (QED) is 0.686. The van der Waals surface area contributed by atoms with Crippen molar-refractivity contribution < 1.29 is 13.2 Å². The molecule has 0 spiro atoms. The molecule has 3 aromatic rings. The van der Waals surface area contributed by atoms with Gasteiger partial charge in [0.05, 0.1) is 10.5 Å². The minimum Gasteiger partial charge on any atom is -0.267 e. The number of aromatic nitrogens is 3. The summed E-state index contributed by atoms with van der Waals surface area (Å²) in [5.41, 5.74) is 1.32. The second-order valence-corrected chi connectivity index (χ2v) is 8.37. The number of hydrogen-bond donors (Lipinski definition) is 0. The Morgan fingerprint density at radius 1 is 1.08 bits per heavy atom. The molecule has 7 nitrogen and oxygen atoms in total. The molecule has 0 atom stereocenters. The van der Waals surface area contributed by atoms with Gasteiger partial charge in [-0.15, -0.1) is 5.10 Å². The maximum Gasteiger partial charge on any atom is 0.280 e. The van der Waals surface area contributed by atoms with Crippen LogP contribution in [-0.4, -0.2) is 46.7 Å². The molecule has 1 aliphatic rings. The van der Waals surface area contributed by atoms with Crippen molar-refractivity contribution in [1.29, 1.82) is 0 Å². The van der Waals surface area contributed by atoms with Crippen LogP contribution in [0.5, 0.6) is 0 Å². The number of hydrogen-bond acceptors (Lipinski definition) is 5. The molecule has 0 radical (unpaired) electrons. The molecule has 1 fully saturated rings. The van der Waals surface area contributed by atoms with Gasteiger partial charge in [0.2, 0.25) is 10.0 Å². The summed E-state index contributed by atoms with van der Waals surface area (Å²) in [7, 11) is -3.73. The van der Waals surface area contributed by atoms with Crippen molar-refractivity contribution >= 4 is 38.6 Å². The number of para-hydroxylation sites is 1. The van der Waals surface area contributed by atoms with Gasteiger partial charge < -0.3 is 0 Å². The molecule has 2 heterocycles. The second-order valence-electron chi connectivity index (χ2n) is 6.05. The van der Waals surface area contributed by atoms with Crippen molar-refractivity contribution in [2.24, 2.45) is 0 Å². The zero-order chi connectivity index (χ0) is 18.3. The van der Waals surface area contributed by atoms with E-state index in [2.05, 4.69) is 10.3 Å². The molecular formula is C17H15ClN4O3S. The maximum atomic E-state index is 12.8. The minimum absolute atomic E-state index is 0.0589. The number of benzene rings is 2. The van der Waals surface area contributed by atoms with Crippen molar-refractivity contribution in [1.82, 2.24) is 19.3 Å². The van der Waals surface area contributed by atoms with Crippen LogP contribution in [0.2, 0.25) is 5.02 Å². The Bertz CT molecular complexity index is 1100. The van der Waals surface area contributed by atoms with E-state index in [0.29, 0.717) is 24.1 Å². The molecular weight excluding hydrogens is 376 g/mol. The Balaban J connectivity index is 1.77. The Morgan fingerprint density at radius 3 is 2.58 bits per heavy atom. The maximum absolute atomic E-state index is 12.8. The number of carbonyl (C=O) groups is 1. The van der Waals surface area contributed by atoms with Gasteiger partial charge in [-0.25, -0.2) is 8.42 Å². The Morgan fingerprint density at radius 2 is 1.81 bits per heavy atom. The fourth-order valence-electron chi connectivity index (χ4n) is 3.04. The fraction of sp³-hybridized carbons (Fsp3) is 0.235. The zero-order valence-corrected chi connectivity index (χ0v) is 15.2. The number of sulfonamides is 1. The zero-order valence-electron chi connectivity index (χ0n) is 13.7. The van der Waals surface area contributed by atoms with E-state index in [0.717, 1.165) is 17.5 Å². The van der Waals surface area contributed by atoms with Crippen LogP contribution in [0.4, 0.5) is 0 Å². The van der Waals surface area contributed by atoms with E-state index in [4.69, 9.17) is 11.6 Å². The van der Waals surface area contributed by atoms with Crippen molar-refractivity contribution in [3.8, 4) is 0 Å². The predicted molar refractivity (Wildman–Crippen MR) is 96.7 cm³/mol. The van der Waals surface area contributed by atoms with Crippen LogP contribution in [0, 0.1) is 0 Å². The molecule has 1 aliphatic heterocycles. The molecule has 9 heteroatoms. The van der Waals surface area contributed by atoms with Gasteiger partial charge >= 0.3 is 0 Å². The van der Waals surface area contributed by atoms with Gasteiger partial charge in [-0.2, -0.15) is 8.99 Å². The normalized spacial score (nSPS) is 15.6. The number of rotatable bonds is 3. The Kier molecular flexibility index (Phi) is 4.26. The van der Waals surface area contributed by atoms with Gasteiger partial charge in [-0.05, 0) is 43.2 Å². The average molecular weight is 391 g/mol. The van der Waals surface area contributed by atoms with Gasteiger partial charge in [-0.3, -0.25) is 4.79 Å².